The number of nitrogens with one attached hydrogen (secondary N) is 1. The minimum absolute atomic E-state index is 0.0763. The molecule has 3 nitrogen and oxygen atoms in total. The fourth-order valence-corrected chi connectivity index (χ4v) is 3.03. The molecule has 0 aliphatic heterocycles. The van der Waals surface area contributed by atoms with Crippen molar-refractivity contribution in [3.8, 4) is 0 Å². The summed E-state index contributed by atoms with van der Waals surface area (Å²) < 4.78 is 4.64. The molecule has 0 aliphatic carbocycles. The van der Waals surface area contributed by atoms with Gasteiger partial charge in [-0.2, -0.15) is 0 Å². The number of aryl methyl sites for hydroxylation is 1. The van der Waals surface area contributed by atoms with E-state index in [9.17, 15) is 4.79 Å². The first-order chi connectivity index (χ1) is 12.3. The van der Waals surface area contributed by atoms with Crippen molar-refractivity contribution >= 4 is 5.97 Å². The van der Waals surface area contributed by atoms with Gasteiger partial charge >= 0.3 is 5.97 Å². The molecular weight excluding hydrogens is 310 g/mol. The quantitative estimate of drug-likeness (QED) is 0.326. The highest BCUT2D eigenvalue weighted by atomic mass is 16.5. The summed E-state index contributed by atoms with van der Waals surface area (Å²) in [7, 11) is 1.46. The van der Waals surface area contributed by atoms with Crippen LogP contribution in [0.4, 0.5) is 0 Å². The second-order valence-corrected chi connectivity index (χ2v) is 6.85. The van der Waals surface area contributed by atoms with Gasteiger partial charge in [-0.3, -0.25) is 4.79 Å². The smallest absolute Gasteiger partial charge is 0.305 e. The molecule has 3 heteroatoms. The lowest BCUT2D eigenvalue weighted by Gasteiger charge is -2.05. The van der Waals surface area contributed by atoms with Gasteiger partial charge in [0, 0.05) is 6.42 Å². The van der Waals surface area contributed by atoms with Crippen LogP contribution in [0.2, 0.25) is 0 Å². The first-order valence-electron chi connectivity index (χ1n) is 10.1. The van der Waals surface area contributed by atoms with Crippen molar-refractivity contribution in [2.75, 3.05) is 20.2 Å². The molecule has 0 aliphatic rings. The van der Waals surface area contributed by atoms with Gasteiger partial charge < -0.3 is 10.1 Å². The number of carbonyl (C=O) groups excluding carboxylic acids is 1. The van der Waals surface area contributed by atoms with E-state index in [1.807, 2.05) is 0 Å². The number of unbranched alkanes of at least 4 members (excludes halogenated alkanes) is 8. The molecule has 0 saturated heterocycles. The van der Waals surface area contributed by atoms with Crippen LogP contribution in [0.25, 0.3) is 0 Å². The second-order valence-electron chi connectivity index (χ2n) is 6.85. The topological polar surface area (TPSA) is 38.3 Å². The molecule has 0 fully saturated rings. The van der Waals surface area contributed by atoms with Crippen molar-refractivity contribution in [2.45, 2.75) is 77.0 Å². The molecule has 0 amide bonds. The molecule has 142 valence electrons. The highest BCUT2D eigenvalue weighted by molar-refractivity contribution is 5.68. The Hall–Kier alpha value is -1.35. The van der Waals surface area contributed by atoms with E-state index in [-0.39, 0.29) is 5.97 Å². The van der Waals surface area contributed by atoms with Crippen LogP contribution in [0, 0.1) is 0 Å². The Bertz CT molecular complexity index is 419. The molecule has 1 aromatic rings. The molecule has 0 atom stereocenters. The van der Waals surface area contributed by atoms with E-state index in [1.165, 1.54) is 70.5 Å². The van der Waals surface area contributed by atoms with E-state index in [2.05, 4.69) is 40.4 Å². The van der Waals surface area contributed by atoms with E-state index < -0.39 is 0 Å². The Balaban J connectivity index is 1.73. The number of carbonyl (C=O) groups is 1. The van der Waals surface area contributed by atoms with Gasteiger partial charge in [-0.25, -0.2) is 0 Å². The number of ether oxygens (including phenoxy) is 1. The Morgan fingerprint density at radius 3 is 2.00 bits per heavy atom. The summed E-state index contributed by atoms with van der Waals surface area (Å²) in [4.78, 5) is 11.0. The number of methoxy groups -OCH3 is 1. The van der Waals surface area contributed by atoms with E-state index in [0.717, 1.165) is 25.9 Å². The largest absolute Gasteiger partial charge is 0.469 e. The van der Waals surface area contributed by atoms with Gasteiger partial charge in [0.1, 0.15) is 0 Å². The fraction of sp³-hybridized carbons (Fsp3) is 0.682. The van der Waals surface area contributed by atoms with Gasteiger partial charge in [0.25, 0.3) is 0 Å². The molecule has 0 radical (unpaired) electrons. The maximum atomic E-state index is 11.0. The van der Waals surface area contributed by atoms with Crippen LogP contribution in [0.3, 0.4) is 0 Å². The lowest BCUT2D eigenvalue weighted by atomic mass is 10.1. The highest BCUT2D eigenvalue weighted by Crippen LogP contribution is 2.10. The summed E-state index contributed by atoms with van der Waals surface area (Å²) in [5, 5.41) is 3.56. The lowest BCUT2D eigenvalue weighted by Crippen LogP contribution is -2.16. The Morgan fingerprint density at radius 2 is 1.36 bits per heavy atom. The maximum absolute atomic E-state index is 11.0. The van der Waals surface area contributed by atoms with E-state index in [4.69, 9.17) is 0 Å². The van der Waals surface area contributed by atoms with Gasteiger partial charge in [-0.1, -0.05) is 68.9 Å². The van der Waals surface area contributed by atoms with Crippen LogP contribution in [-0.2, 0) is 16.0 Å². The van der Waals surface area contributed by atoms with E-state index in [0.29, 0.717) is 6.42 Å². The Labute approximate surface area is 154 Å². The van der Waals surface area contributed by atoms with E-state index >= 15 is 0 Å². The van der Waals surface area contributed by atoms with Gasteiger partial charge in [0.2, 0.25) is 0 Å². The third-order valence-corrected chi connectivity index (χ3v) is 4.62. The van der Waals surface area contributed by atoms with Gasteiger partial charge in [-0.15, -0.1) is 0 Å². The molecule has 25 heavy (non-hydrogen) atoms. The van der Waals surface area contributed by atoms with Crippen LogP contribution in [-0.4, -0.2) is 26.2 Å². The highest BCUT2D eigenvalue weighted by Gasteiger charge is 1.99. The maximum Gasteiger partial charge on any atom is 0.305 e. The van der Waals surface area contributed by atoms with Gasteiger partial charge in [0.05, 0.1) is 7.11 Å². The van der Waals surface area contributed by atoms with Gasteiger partial charge in [-0.05, 0) is 50.8 Å². The van der Waals surface area contributed by atoms with Crippen molar-refractivity contribution in [3.05, 3.63) is 35.9 Å². The molecule has 1 N–H and O–H groups in total. The first-order valence-corrected chi connectivity index (χ1v) is 10.1. The van der Waals surface area contributed by atoms with Crippen molar-refractivity contribution in [1.82, 2.24) is 5.32 Å². The SMILES string of the molecule is COC(=O)CCCCCCCCCCNCCCCc1ccccc1. The molecule has 0 saturated carbocycles. The molecular formula is C22H37NO2. The number of hydrogen-bond acceptors (Lipinski definition) is 3. The minimum Gasteiger partial charge on any atom is -0.469 e. The summed E-state index contributed by atoms with van der Waals surface area (Å²) in [5.74, 6) is -0.0763. The van der Waals surface area contributed by atoms with Gasteiger partial charge in [0.15, 0.2) is 0 Å². The zero-order valence-corrected chi connectivity index (χ0v) is 16.1. The first kappa shape index (κ1) is 21.7. The van der Waals surface area contributed by atoms with Crippen LogP contribution < -0.4 is 5.32 Å². The van der Waals surface area contributed by atoms with Crippen LogP contribution in [0.1, 0.15) is 76.2 Å². The van der Waals surface area contributed by atoms with E-state index in [1.54, 1.807) is 0 Å². The number of benzene rings is 1. The van der Waals surface area contributed by atoms with Crippen molar-refractivity contribution in [3.63, 3.8) is 0 Å². The van der Waals surface area contributed by atoms with Crippen LogP contribution in [0.5, 0.6) is 0 Å². The summed E-state index contributed by atoms with van der Waals surface area (Å²) in [6.07, 6.45) is 14.3. The molecule has 0 aromatic heterocycles. The van der Waals surface area contributed by atoms with Crippen molar-refractivity contribution in [1.29, 1.82) is 0 Å². The monoisotopic (exact) mass is 347 g/mol. The number of hydrogen-bond donors (Lipinski definition) is 1. The Morgan fingerprint density at radius 1 is 0.800 bits per heavy atom. The third kappa shape index (κ3) is 13.6. The van der Waals surface area contributed by atoms with Crippen LogP contribution in [0.15, 0.2) is 30.3 Å². The average molecular weight is 348 g/mol. The Kier molecular flexibility index (Phi) is 14.0. The third-order valence-electron chi connectivity index (χ3n) is 4.62. The zero-order chi connectivity index (χ0) is 18.0. The molecule has 0 heterocycles. The summed E-state index contributed by atoms with van der Waals surface area (Å²) >= 11 is 0. The lowest BCUT2D eigenvalue weighted by molar-refractivity contribution is -0.140. The second kappa shape index (κ2) is 16.1. The zero-order valence-electron chi connectivity index (χ0n) is 16.1. The normalized spacial score (nSPS) is 10.8. The van der Waals surface area contributed by atoms with Crippen molar-refractivity contribution < 1.29 is 9.53 Å². The summed E-state index contributed by atoms with van der Waals surface area (Å²) in [6, 6.07) is 10.8. The molecule has 1 aromatic carbocycles. The number of rotatable bonds is 16. The van der Waals surface area contributed by atoms with Crippen LogP contribution >= 0.6 is 0 Å². The minimum atomic E-state index is -0.0763. The predicted octanol–water partition coefficient (Wildman–Crippen LogP) is 5.28. The number of esters is 1. The summed E-state index contributed by atoms with van der Waals surface area (Å²) in [6.45, 7) is 2.30. The molecule has 0 unspecified atom stereocenters. The molecule has 1 rings (SSSR count). The summed E-state index contributed by atoms with van der Waals surface area (Å²) in [5.41, 5.74) is 1.45. The molecule has 0 bridgehead atoms. The predicted molar refractivity (Wildman–Crippen MR) is 106 cm³/mol. The van der Waals surface area contributed by atoms with Crippen molar-refractivity contribution in [2.24, 2.45) is 0 Å². The fourth-order valence-electron chi connectivity index (χ4n) is 3.03. The average Bonchev–Trinajstić information content (AvgIpc) is 2.65. The standard InChI is InChI=1S/C22H37NO2/c1-25-22(24)18-11-6-4-2-3-5-7-13-19-23-20-14-12-17-21-15-9-8-10-16-21/h8-10,15-16,23H,2-7,11-14,17-20H2,1H3. The molecule has 0 spiro atoms.